The van der Waals surface area contributed by atoms with Crippen molar-refractivity contribution in [1.29, 1.82) is 5.26 Å². The van der Waals surface area contributed by atoms with Crippen molar-refractivity contribution in [3.63, 3.8) is 0 Å². The van der Waals surface area contributed by atoms with Crippen LogP contribution in [0.2, 0.25) is 0 Å². The van der Waals surface area contributed by atoms with Gasteiger partial charge in [0.1, 0.15) is 5.70 Å². The molecule has 0 atom stereocenters. The molecule has 2 aliphatic carbocycles. The molecule has 25 heavy (non-hydrogen) atoms. The molecule has 0 heterocycles. The quantitative estimate of drug-likeness (QED) is 0.846. The molecule has 1 aromatic rings. The number of rotatable bonds is 3. The summed E-state index contributed by atoms with van der Waals surface area (Å²) in [6, 6.07) is 7.58. The molecule has 1 saturated carbocycles. The van der Waals surface area contributed by atoms with Gasteiger partial charge in [-0.1, -0.05) is 6.07 Å². The molecule has 6 nitrogen and oxygen atoms in total. The van der Waals surface area contributed by atoms with Crippen molar-refractivity contribution >= 4 is 23.0 Å². The first-order valence-electron chi connectivity index (χ1n) is 8.39. The number of anilines is 1. The normalized spacial score (nSPS) is 19.1. The van der Waals surface area contributed by atoms with Crippen molar-refractivity contribution in [3.8, 4) is 6.07 Å². The van der Waals surface area contributed by atoms with E-state index in [2.05, 4.69) is 0 Å². The molecule has 128 valence electrons. The molecule has 6 heteroatoms. The highest BCUT2D eigenvalue weighted by Crippen LogP contribution is 2.32. The number of carbonyl (C=O) groups is 3. The van der Waals surface area contributed by atoms with Crippen LogP contribution in [0.5, 0.6) is 0 Å². The molecular weight excluding hydrogens is 318 g/mol. The number of hydrogen-bond acceptors (Lipinski definition) is 6. The van der Waals surface area contributed by atoms with Gasteiger partial charge in [0.15, 0.2) is 23.4 Å². The number of benzene rings is 1. The minimum absolute atomic E-state index is 0.169. The average molecular weight is 337 g/mol. The second kappa shape index (κ2) is 6.89. The summed E-state index contributed by atoms with van der Waals surface area (Å²) >= 11 is 0. The summed E-state index contributed by atoms with van der Waals surface area (Å²) in [5, 5.41) is 9.17. The molecule has 0 radical (unpaired) electrons. The third-order valence-electron chi connectivity index (χ3n) is 4.63. The monoisotopic (exact) mass is 337 g/mol. The van der Waals surface area contributed by atoms with E-state index in [-0.39, 0.29) is 23.0 Å². The third-order valence-corrected chi connectivity index (χ3v) is 4.63. The summed E-state index contributed by atoms with van der Waals surface area (Å²) in [6.07, 6.45) is 2.66. The summed E-state index contributed by atoms with van der Waals surface area (Å²) in [4.78, 5) is 39.1. The number of ketones is 3. The Hall–Kier alpha value is -2.94. The van der Waals surface area contributed by atoms with Crippen LogP contribution < -0.4 is 10.6 Å². The van der Waals surface area contributed by atoms with E-state index in [1.165, 1.54) is 4.90 Å². The molecule has 0 spiro atoms. The Kier molecular flexibility index (Phi) is 4.66. The summed E-state index contributed by atoms with van der Waals surface area (Å²) in [5.41, 5.74) is 7.59. The van der Waals surface area contributed by atoms with Crippen molar-refractivity contribution in [2.75, 3.05) is 4.90 Å². The lowest BCUT2D eigenvalue weighted by Gasteiger charge is -2.36. The smallest absolute Gasteiger partial charge is 0.181 e. The predicted octanol–water partition coefficient (Wildman–Crippen LogP) is 1.98. The van der Waals surface area contributed by atoms with Crippen LogP contribution in [0.25, 0.3) is 0 Å². The van der Waals surface area contributed by atoms with E-state index < -0.39 is 6.04 Å². The first-order chi connectivity index (χ1) is 12.0. The van der Waals surface area contributed by atoms with Gasteiger partial charge >= 0.3 is 0 Å². The number of Topliss-reactive ketones (excluding diaryl/α,β-unsaturated/α-hetero) is 3. The maximum atomic E-state index is 12.6. The minimum Gasteiger partial charge on any atom is -0.400 e. The molecule has 2 N–H and O–H groups in total. The first kappa shape index (κ1) is 16.9. The van der Waals surface area contributed by atoms with Crippen LogP contribution in [0.4, 0.5) is 5.69 Å². The minimum atomic E-state index is -1.04. The third kappa shape index (κ3) is 3.18. The van der Waals surface area contributed by atoms with Crippen LogP contribution in [-0.4, -0.2) is 23.4 Å². The molecule has 0 unspecified atom stereocenters. The van der Waals surface area contributed by atoms with Gasteiger partial charge in [0.25, 0.3) is 0 Å². The lowest BCUT2D eigenvalue weighted by Crippen LogP contribution is -2.51. The topological polar surface area (TPSA) is 104 Å². The highest BCUT2D eigenvalue weighted by atomic mass is 16.2. The predicted molar refractivity (Wildman–Crippen MR) is 91.4 cm³/mol. The van der Waals surface area contributed by atoms with Gasteiger partial charge in [-0.15, -0.1) is 0 Å². The lowest BCUT2D eigenvalue weighted by molar-refractivity contribution is -0.131. The Balaban J connectivity index is 2.18. The van der Waals surface area contributed by atoms with Crippen molar-refractivity contribution in [1.82, 2.24) is 0 Å². The van der Waals surface area contributed by atoms with Crippen LogP contribution in [0.3, 0.4) is 0 Å². The van der Waals surface area contributed by atoms with Crippen LogP contribution in [-0.2, 0) is 14.4 Å². The average Bonchev–Trinajstić information content (AvgIpc) is 2.60. The molecule has 1 fully saturated rings. The second-order valence-corrected chi connectivity index (χ2v) is 6.37. The standard InChI is InChI=1S/C19H19N3O3/c20-11-12-4-1-5-13(10-12)22(18-14(21)6-2-7-15(18)23)19-16(24)8-3-9-17(19)25/h1,4-5,10,19H,2-3,6-9,21H2. The number of allylic oxidation sites excluding steroid dienone is 2. The Morgan fingerprint density at radius 2 is 1.72 bits per heavy atom. The van der Waals surface area contributed by atoms with Crippen molar-refractivity contribution in [2.45, 2.75) is 44.6 Å². The largest absolute Gasteiger partial charge is 0.400 e. The molecule has 0 saturated heterocycles. The van der Waals surface area contributed by atoms with Crippen LogP contribution in [0.1, 0.15) is 44.1 Å². The maximum absolute atomic E-state index is 12.6. The summed E-state index contributed by atoms with van der Waals surface area (Å²) in [7, 11) is 0. The number of nitrogens with zero attached hydrogens (tertiary/aromatic N) is 2. The van der Waals surface area contributed by atoms with Crippen LogP contribution in [0.15, 0.2) is 35.7 Å². The molecule has 0 aliphatic heterocycles. The van der Waals surface area contributed by atoms with E-state index in [0.29, 0.717) is 55.5 Å². The SMILES string of the molecule is N#Cc1cccc(N(C2=C(N)CCCC2=O)C2C(=O)CCCC2=O)c1. The van der Waals surface area contributed by atoms with Crippen LogP contribution in [0, 0.1) is 11.3 Å². The molecule has 2 aliphatic rings. The van der Waals surface area contributed by atoms with Crippen molar-refractivity contribution in [3.05, 3.63) is 41.2 Å². The van der Waals surface area contributed by atoms with Gasteiger partial charge in [0.2, 0.25) is 0 Å². The number of nitriles is 1. The van der Waals surface area contributed by atoms with Crippen LogP contribution >= 0.6 is 0 Å². The highest BCUT2D eigenvalue weighted by Gasteiger charge is 2.40. The molecular formula is C19H19N3O3. The fourth-order valence-corrected chi connectivity index (χ4v) is 3.45. The van der Waals surface area contributed by atoms with E-state index >= 15 is 0 Å². The first-order valence-corrected chi connectivity index (χ1v) is 8.39. The summed E-state index contributed by atoms with van der Waals surface area (Å²) < 4.78 is 0. The Bertz CT molecular complexity index is 803. The van der Waals surface area contributed by atoms with Gasteiger partial charge in [-0.25, -0.2) is 0 Å². The van der Waals surface area contributed by atoms with E-state index in [1.54, 1.807) is 24.3 Å². The van der Waals surface area contributed by atoms with Gasteiger partial charge in [0, 0.05) is 30.6 Å². The van der Waals surface area contributed by atoms with Gasteiger partial charge in [-0.05, 0) is 37.5 Å². The van der Waals surface area contributed by atoms with E-state index in [1.807, 2.05) is 6.07 Å². The fraction of sp³-hybridized carbons (Fsp3) is 0.368. The van der Waals surface area contributed by atoms with Gasteiger partial charge in [0.05, 0.1) is 11.6 Å². The van der Waals surface area contributed by atoms with Gasteiger partial charge in [-0.2, -0.15) is 5.26 Å². The van der Waals surface area contributed by atoms with Crippen molar-refractivity contribution in [2.24, 2.45) is 5.73 Å². The Morgan fingerprint density at radius 3 is 2.36 bits per heavy atom. The zero-order chi connectivity index (χ0) is 18.0. The Morgan fingerprint density at radius 1 is 1.04 bits per heavy atom. The zero-order valence-electron chi connectivity index (χ0n) is 13.8. The summed E-state index contributed by atoms with van der Waals surface area (Å²) in [6.45, 7) is 0. The molecule has 0 bridgehead atoms. The molecule has 3 rings (SSSR count). The van der Waals surface area contributed by atoms with Crippen molar-refractivity contribution < 1.29 is 14.4 Å². The number of carbonyl (C=O) groups excluding carboxylic acids is 3. The number of nitrogens with two attached hydrogens (primary N) is 1. The zero-order valence-corrected chi connectivity index (χ0v) is 13.8. The number of hydrogen-bond donors (Lipinski definition) is 1. The maximum Gasteiger partial charge on any atom is 0.181 e. The van der Waals surface area contributed by atoms with Gasteiger partial charge in [-0.3, -0.25) is 14.4 Å². The molecule has 0 aromatic heterocycles. The molecule has 0 amide bonds. The van der Waals surface area contributed by atoms with E-state index in [0.717, 1.165) is 0 Å². The summed E-state index contributed by atoms with van der Waals surface area (Å²) in [5.74, 6) is -0.591. The highest BCUT2D eigenvalue weighted by molar-refractivity contribution is 6.14. The Labute approximate surface area is 145 Å². The van der Waals surface area contributed by atoms with E-state index in [9.17, 15) is 14.4 Å². The molecule has 1 aromatic carbocycles. The van der Waals surface area contributed by atoms with Gasteiger partial charge < -0.3 is 10.6 Å². The fourth-order valence-electron chi connectivity index (χ4n) is 3.45. The second-order valence-electron chi connectivity index (χ2n) is 6.37. The van der Waals surface area contributed by atoms with E-state index in [4.69, 9.17) is 11.0 Å². The lowest BCUT2D eigenvalue weighted by atomic mass is 9.88.